The van der Waals surface area contributed by atoms with Crippen LogP contribution in [-0.4, -0.2) is 25.2 Å². The number of hydrogen-bond donors (Lipinski definition) is 1. The highest BCUT2D eigenvalue weighted by Gasteiger charge is 2.36. The van der Waals surface area contributed by atoms with Crippen molar-refractivity contribution >= 4 is 23.1 Å². The van der Waals surface area contributed by atoms with Gasteiger partial charge in [-0.05, 0) is 49.2 Å². The number of urea groups is 1. The molecule has 0 aliphatic carbocycles. The van der Waals surface area contributed by atoms with E-state index in [9.17, 15) is 9.18 Å². The summed E-state index contributed by atoms with van der Waals surface area (Å²) in [6.07, 6.45) is 2.26. The van der Waals surface area contributed by atoms with Crippen LogP contribution in [-0.2, 0) is 0 Å². The fourth-order valence-electron chi connectivity index (χ4n) is 3.50. The predicted octanol–water partition coefficient (Wildman–Crippen LogP) is 3.85. The summed E-state index contributed by atoms with van der Waals surface area (Å²) in [4.78, 5) is 16.9. The second-order valence-electron chi connectivity index (χ2n) is 6.03. The Bertz CT molecular complexity index is 731. The molecule has 5 heteroatoms. The molecule has 2 heterocycles. The van der Waals surface area contributed by atoms with Crippen molar-refractivity contribution in [3.63, 3.8) is 0 Å². The van der Waals surface area contributed by atoms with E-state index in [1.165, 1.54) is 12.1 Å². The lowest BCUT2D eigenvalue weighted by Crippen LogP contribution is -2.49. The normalized spacial score (nSPS) is 19.3. The van der Waals surface area contributed by atoms with Crippen molar-refractivity contribution in [2.45, 2.75) is 18.9 Å². The molecule has 0 radical (unpaired) electrons. The molecule has 2 aliphatic heterocycles. The summed E-state index contributed by atoms with van der Waals surface area (Å²) < 4.78 is 13.0. The number of hydrogen-bond acceptors (Lipinski definition) is 2. The molecule has 2 aromatic rings. The van der Waals surface area contributed by atoms with Crippen LogP contribution >= 0.6 is 0 Å². The first-order valence-corrected chi connectivity index (χ1v) is 7.92. The minimum atomic E-state index is -0.312. The highest BCUT2D eigenvalue weighted by molar-refractivity contribution is 6.04. The van der Waals surface area contributed by atoms with Gasteiger partial charge in [-0.15, -0.1) is 0 Å². The first-order chi connectivity index (χ1) is 11.2. The average molecular weight is 311 g/mol. The van der Waals surface area contributed by atoms with Crippen LogP contribution in [0.4, 0.5) is 26.2 Å². The maximum absolute atomic E-state index is 13.0. The van der Waals surface area contributed by atoms with Crippen molar-refractivity contribution in [3.8, 4) is 0 Å². The third-order valence-electron chi connectivity index (χ3n) is 4.59. The summed E-state index contributed by atoms with van der Waals surface area (Å²) in [6.45, 7) is 1.74. The van der Waals surface area contributed by atoms with E-state index in [0.717, 1.165) is 30.8 Å². The van der Waals surface area contributed by atoms with Crippen LogP contribution in [0.1, 0.15) is 12.8 Å². The van der Waals surface area contributed by atoms with Crippen molar-refractivity contribution in [1.29, 1.82) is 0 Å². The third kappa shape index (κ3) is 2.52. The van der Waals surface area contributed by atoms with Gasteiger partial charge >= 0.3 is 6.03 Å². The molecule has 0 aromatic heterocycles. The molecular formula is C18H18FN3O. The van der Waals surface area contributed by atoms with E-state index < -0.39 is 0 Å². The largest absolute Gasteiger partial charge is 0.365 e. The monoisotopic (exact) mass is 311 g/mol. The number of nitrogens with zero attached hydrogens (tertiary/aromatic N) is 2. The van der Waals surface area contributed by atoms with Crippen molar-refractivity contribution in [2.75, 3.05) is 28.2 Å². The van der Waals surface area contributed by atoms with E-state index in [4.69, 9.17) is 0 Å². The molecule has 4 rings (SSSR count). The second-order valence-corrected chi connectivity index (χ2v) is 6.03. The number of benzene rings is 2. The first-order valence-electron chi connectivity index (χ1n) is 7.92. The summed E-state index contributed by atoms with van der Waals surface area (Å²) in [7, 11) is 0. The van der Waals surface area contributed by atoms with Gasteiger partial charge < -0.3 is 10.2 Å². The van der Waals surface area contributed by atoms with Crippen LogP contribution in [0.3, 0.4) is 0 Å². The number of rotatable bonds is 1. The lowest BCUT2D eigenvalue weighted by atomic mass is 10.1. The van der Waals surface area contributed by atoms with Gasteiger partial charge in [-0.3, -0.25) is 4.90 Å². The molecule has 0 bridgehead atoms. The zero-order chi connectivity index (χ0) is 15.8. The van der Waals surface area contributed by atoms with Crippen LogP contribution in [0.25, 0.3) is 0 Å². The molecule has 0 spiro atoms. The molecule has 0 saturated carbocycles. The Hall–Kier alpha value is -2.56. The molecule has 1 saturated heterocycles. The van der Waals surface area contributed by atoms with Gasteiger partial charge in [0.05, 0.1) is 11.4 Å². The van der Waals surface area contributed by atoms with Crippen molar-refractivity contribution in [3.05, 3.63) is 54.3 Å². The quantitative estimate of drug-likeness (QED) is 0.868. The van der Waals surface area contributed by atoms with E-state index in [-0.39, 0.29) is 11.8 Å². The van der Waals surface area contributed by atoms with Crippen LogP contribution in [0.15, 0.2) is 48.5 Å². The van der Waals surface area contributed by atoms with Gasteiger partial charge in [0.15, 0.2) is 0 Å². The zero-order valence-electron chi connectivity index (χ0n) is 12.7. The molecule has 1 atom stereocenters. The molecule has 23 heavy (non-hydrogen) atoms. The Morgan fingerprint density at radius 3 is 2.61 bits per heavy atom. The van der Waals surface area contributed by atoms with Gasteiger partial charge in [-0.1, -0.05) is 12.1 Å². The molecule has 0 unspecified atom stereocenters. The Labute approximate surface area is 134 Å². The number of carbonyl (C=O) groups excluding carboxylic acids is 1. The lowest BCUT2D eigenvalue weighted by molar-refractivity contribution is 0.256. The molecule has 1 fully saturated rings. The average Bonchev–Trinajstić information content (AvgIpc) is 3.05. The van der Waals surface area contributed by atoms with Crippen molar-refractivity contribution in [2.24, 2.45) is 0 Å². The van der Waals surface area contributed by atoms with E-state index in [1.807, 2.05) is 18.2 Å². The maximum atomic E-state index is 13.0. The highest BCUT2D eigenvalue weighted by Crippen LogP contribution is 2.39. The van der Waals surface area contributed by atoms with E-state index in [0.29, 0.717) is 18.3 Å². The van der Waals surface area contributed by atoms with Gasteiger partial charge in [0.1, 0.15) is 5.82 Å². The number of anilines is 3. The number of halogens is 1. The summed E-state index contributed by atoms with van der Waals surface area (Å²) in [5, 5.41) is 2.86. The lowest BCUT2D eigenvalue weighted by Gasteiger charge is -2.40. The van der Waals surface area contributed by atoms with Crippen molar-refractivity contribution < 1.29 is 9.18 Å². The Morgan fingerprint density at radius 2 is 1.83 bits per heavy atom. The van der Waals surface area contributed by atoms with Gasteiger partial charge in [-0.2, -0.15) is 0 Å². The fourth-order valence-corrected chi connectivity index (χ4v) is 3.50. The van der Waals surface area contributed by atoms with E-state index in [2.05, 4.69) is 16.3 Å². The SMILES string of the molecule is O=C(Nc1ccc(F)cc1)N1C[C@@H]2CCCN2c2ccccc21. The number of fused-ring (bicyclic) bond motifs is 3. The topological polar surface area (TPSA) is 35.6 Å². The van der Waals surface area contributed by atoms with Gasteiger partial charge in [0.2, 0.25) is 0 Å². The summed E-state index contributed by atoms with van der Waals surface area (Å²) in [5.41, 5.74) is 2.66. The number of para-hydroxylation sites is 2. The third-order valence-corrected chi connectivity index (χ3v) is 4.59. The smallest absolute Gasteiger partial charge is 0.326 e. The summed E-state index contributed by atoms with van der Waals surface area (Å²) >= 11 is 0. The second kappa shape index (κ2) is 5.57. The summed E-state index contributed by atoms with van der Waals surface area (Å²) in [6, 6.07) is 14.1. The minimum Gasteiger partial charge on any atom is -0.365 e. The van der Waals surface area contributed by atoms with E-state index >= 15 is 0 Å². The summed E-state index contributed by atoms with van der Waals surface area (Å²) in [5.74, 6) is -0.312. The van der Waals surface area contributed by atoms with Gasteiger partial charge in [0, 0.05) is 24.8 Å². The molecule has 118 valence electrons. The Balaban J connectivity index is 1.62. The van der Waals surface area contributed by atoms with Crippen LogP contribution in [0.5, 0.6) is 0 Å². The predicted molar refractivity (Wildman–Crippen MR) is 89.6 cm³/mol. The van der Waals surface area contributed by atoms with Gasteiger partial charge in [0.25, 0.3) is 0 Å². The molecule has 4 nitrogen and oxygen atoms in total. The van der Waals surface area contributed by atoms with Crippen molar-refractivity contribution in [1.82, 2.24) is 0 Å². The molecule has 2 aliphatic rings. The minimum absolute atomic E-state index is 0.171. The Kier molecular flexibility index (Phi) is 3.41. The van der Waals surface area contributed by atoms with Crippen LogP contribution in [0, 0.1) is 5.82 Å². The molecule has 2 amide bonds. The highest BCUT2D eigenvalue weighted by atomic mass is 19.1. The van der Waals surface area contributed by atoms with Gasteiger partial charge in [-0.25, -0.2) is 9.18 Å². The number of amides is 2. The molecule has 2 aromatic carbocycles. The fraction of sp³-hybridized carbons (Fsp3) is 0.278. The van der Waals surface area contributed by atoms with Crippen LogP contribution < -0.4 is 15.1 Å². The first kappa shape index (κ1) is 14.1. The molecular weight excluding hydrogens is 293 g/mol. The molecule has 1 N–H and O–H groups in total. The van der Waals surface area contributed by atoms with Crippen LogP contribution in [0.2, 0.25) is 0 Å². The Morgan fingerprint density at radius 1 is 1.09 bits per heavy atom. The number of carbonyl (C=O) groups is 1. The standard InChI is InChI=1S/C18H18FN3O/c19-13-7-9-14(10-8-13)20-18(23)22-12-15-4-3-11-21(15)16-5-1-2-6-17(16)22/h1-2,5-10,15H,3-4,11-12H2,(H,20,23)/t15-/m0/s1. The zero-order valence-corrected chi connectivity index (χ0v) is 12.7. The maximum Gasteiger partial charge on any atom is 0.326 e. The van der Waals surface area contributed by atoms with E-state index in [1.54, 1.807) is 17.0 Å². The number of nitrogens with one attached hydrogen (secondary N) is 1.